The molecule has 0 bridgehead atoms. The van der Waals surface area contributed by atoms with Gasteiger partial charge in [0.05, 0.1) is 11.2 Å². The molecule has 0 radical (unpaired) electrons. The number of aliphatic hydroxyl groups is 1. The Labute approximate surface area is 107 Å². The predicted octanol–water partition coefficient (Wildman–Crippen LogP) is 0.922. The largest absolute Gasteiger partial charge is 0.388 e. The van der Waals surface area contributed by atoms with Crippen molar-refractivity contribution in [2.75, 3.05) is 18.5 Å². The van der Waals surface area contributed by atoms with Gasteiger partial charge in [-0.1, -0.05) is 12.8 Å². The number of nitrogens with zero attached hydrogens (tertiary/aromatic N) is 2. The highest BCUT2D eigenvalue weighted by Crippen LogP contribution is 2.30. The second-order valence-electron chi connectivity index (χ2n) is 5.06. The van der Waals surface area contributed by atoms with Crippen LogP contribution in [0.25, 0.3) is 0 Å². The van der Waals surface area contributed by atoms with Crippen molar-refractivity contribution < 1.29 is 9.90 Å². The van der Waals surface area contributed by atoms with Gasteiger partial charge in [0.2, 0.25) is 5.91 Å². The van der Waals surface area contributed by atoms with Crippen LogP contribution in [-0.2, 0) is 0 Å². The summed E-state index contributed by atoms with van der Waals surface area (Å²) in [5, 5.41) is 10.3. The van der Waals surface area contributed by atoms with E-state index in [4.69, 9.17) is 5.73 Å². The molecule has 1 amide bonds. The van der Waals surface area contributed by atoms with Gasteiger partial charge in [0.15, 0.2) is 0 Å². The molecule has 98 valence electrons. The molecule has 1 heterocycles. The molecule has 1 aliphatic rings. The molecule has 1 saturated carbocycles. The summed E-state index contributed by atoms with van der Waals surface area (Å²) >= 11 is 0. The first-order valence-electron chi connectivity index (χ1n) is 6.20. The van der Waals surface area contributed by atoms with Crippen molar-refractivity contribution in [1.82, 2.24) is 4.98 Å². The number of pyridine rings is 1. The number of rotatable bonds is 4. The van der Waals surface area contributed by atoms with E-state index in [1.54, 1.807) is 12.1 Å². The van der Waals surface area contributed by atoms with Crippen LogP contribution in [0, 0.1) is 0 Å². The molecular weight excluding hydrogens is 230 g/mol. The molecule has 1 aromatic rings. The van der Waals surface area contributed by atoms with Crippen molar-refractivity contribution in [3.05, 3.63) is 23.9 Å². The first kappa shape index (κ1) is 12.8. The zero-order chi connectivity index (χ0) is 13.2. The molecule has 0 spiro atoms. The molecule has 0 aliphatic heterocycles. The lowest BCUT2D eigenvalue weighted by molar-refractivity contribution is 0.0558. The fraction of sp³-hybridized carbons (Fsp3) is 0.538. The highest BCUT2D eigenvalue weighted by molar-refractivity contribution is 5.92. The Morgan fingerprint density at radius 2 is 2.17 bits per heavy atom. The predicted molar refractivity (Wildman–Crippen MR) is 69.4 cm³/mol. The second kappa shape index (κ2) is 4.94. The molecule has 0 saturated heterocycles. The zero-order valence-corrected chi connectivity index (χ0v) is 10.6. The van der Waals surface area contributed by atoms with Gasteiger partial charge in [0.1, 0.15) is 5.82 Å². The van der Waals surface area contributed by atoms with E-state index in [-0.39, 0.29) is 0 Å². The Kier molecular flexibility index (Phi) is 3.52. The van der Waals surface area contributed by atoms with Crippen molar-refractivity contribution in [3.8, 4) is 0 Å². The minimum atomic E-state index is -0.598. The first-order valence-corrected chi connectivity index (χ1v) is 6.20. The van der Waals surface area contributed by atoms with E-state index >= 15 is 0 Å². The normalized spacial score (nSPS) is 17.7. The lowest BCUT2D eigenvalue weighted by atomic mass is 10.0. The Morgan fingerprint density at radius 1 is 1.50 bits per heavy atom. The fourth-order valence-corrected chi connectivity index (χ4v) is 2.47. The van der Waals surface area contributed by atoms with E-state index in [2.05, 4.69) is 4.98 Å². The van der Waals surface area contributed by atoms with E-state index in [0.717, 1.165) is 31.5 Å². The van der Waals surface area contributed by atoms with Crippen LogP contribution >= 0.6 is 0 Å². The fourth-order valence-electron chi connectivity index (χ4n) is 2.47. The number of nitrogens with two attached hydrogens (primary N) is 1. The van der Waals surface area contributed by atoms with Crippen molar-refractivity contribution in [1.29, 1.82) is 0 Å². The summed E-state index contributed by atoms with van der Waals surface area (Å²) in [6, 6.07) is 3.40. The van der Waals surface area contributed by atoms with Crippen LogP contribution in [0.2, 0.25) is 0 Å². The molecule has 3 N–H and O–H groups in total. The second-order valence-corrected chi connectivity index (χ2v) is 5.06. The maximum absolute atomic E-state index is 10.9. The van der Waals surface area contributed by atoms with E-state index in [9.17, 15) is 9.90 Å². The Morgan fingerprint density at radius 3 is 2.67 bits per heavy atom. The molecule has 0 unspecified atom stereocenters. The van der Waals surface area contributed by atoms with Crippen molar-refractivity contribution in [2.45, 2.75) is 31.3 Å². The number of aromatic nitrogens is 1. The molecule has 2 rings (SSSR count). The van der Waals surface area contributed by atoms with E-state index in [1.807, 2.05) is 11.9 Å². The third kappa shape index (κ3) is 2.79. The summed E-state index contributed by atoms with van der Waals surface area (Å²) in [5.74, 6) is 0.256. The van der Waals surface area contributed by atoms with Gasteiger partial charge >= 0.3 is 0 Å². The van der Waals surface area contributed by atoms with Gasteiger partial charge < -0.3 is 15.7 Å². The van der Waals surface area contributed by atoms with Gasteiger partial charge in [-0.3, -0.25) is 4.79 Å². The molecule has 5 heteroatoms. The molecular formula is C13H19N3O2. The average molecular weight is 249 g/mol. The van der Waals surface area contributed by atoms with Crippen LogP contribution in [-0.4, -0.2) is 35.2 Å². The van der Waals surface area contributed by atoms with Gasteiger partial charge in [0.25, 0.3) is 0 Å². The standard InChI is InChI=1S/C13H19N3O2/c1-16(9-13(18)6-2-3-7-13)11-5-4-10(8-15-11)12(14)17/h4-5,8,18H,2-3,6-7,9H2,1H3,(H2,14,17). The lowest BCUT2D eigenvalue weighted by Crippen LogP contribution is -2.39. The Balaban J connectivity index is 2.04. The third-order valence-electron chi connectivity index (χ3n) is 3.49. The molecule has 18 heavy (non-hydrogen) atoms. The summed E-state index contributed by atoms with van der Waals surface area (Å²) < 4.78 is 0. The van der Waals surface area contributed by atoms with Crippen molar-refractivity contribution in [3.63, 3.8) is 0 Å². The molecule has 1 aliphatic carbocycles. The number of hydrogen-bond acceptors (Lipinski definition) is 4. The van der Waals surface area contributed by atoms with Gasteiger partial charge in [-0.15, -0.1) is 0 Å². The van der Waals surface area contributed by atoms with Crippen LogP contribution in [0.4, 0.5) is 5.82 Å². The van der Waals surface area contributed by atoms with Gasteiger partial charge in [-0.2, -0.15) is 0 Å². The summed E-state index contributed by atoms with van der Waals surface area (Å²) in [7, 11) is 1.89. The quantitative estimate of drug-likeness (QED) is 0.831. The van der Waals surface area contributed by atoms with Crippen molar-refractivity contribution >= 4 is 11.7 Å². The van der Waals surface area contributed by atoms with E-state index in [0.29, 0.717) is 12.1 Å². The molecule has 0 atom stereocenters. The monoisotopic (exact) mass is 249 g/mol. The number of primary amides is 1. The van der Waals surface area contributed by atoms with Gasteiger partial charge in [0, 0.05) is 19.8 Å². The lowest BCUT2D eigenvalue weighted by Gasteiger charge is -2.29. The van der Waals surface area contributed by atoms with E-state index in [1.165, 1.54) is 6.20 Å². The zero-order valence-electron chi connectivity index (χ0n) is 10.6. The molecule has 1 aromatic heterocycles. The first-order chi connectivity index (χ1) is 8.50. The number of anilines is 1. The minimum absolute atomic E-state index is 0.395. The number of hydrogen-bond donors (Lipinski definition) is 2. The molecule has 1 fully saturated rings. The van der Waals surface area contributed by atoms with E-state index < -0.39 is 11.5 Å². The number of likely N-dealkylation sites (N-methyl/N-ethyl adjacent to an activating group) is 1. The number of amides is 1. The van der Waals surface area contributed by atoms with Crippen LogP contribution in [0.15, 0.2) is 18.3 Å². The summed E-state index contributed by atoms with van der Waals surface area (Å²) in [5.41, 5.74) is 4.96. The smallest absolute Gasteiger partial charge is 0.250 e. The number of carbonyl (C=O) groups is 1. The maximum Gasteiger partial charge on any atom is 0.250 e. The van der Waals surface area contributed by atoms with Gasteiger partial charge in [-0.25, -0.2) is 4.98 Å². The summed E-state index contributed by atoms with van der Waals surface area (Å²) in [6.07, 6.45) is 5.32. The topological polar surface area (TPSA) is 79.5 Å². The molecule has 0 aromatic carbocycles. The summed E-state index contributed by atoms with van der Waals surface area (Å²) in [6.45, 7) is 0.565. The Hall–Kier alpha value is -1.62. The van der Waals surface area contributed by atoms with Crippen molar-refractivity contribution in [2.24, 2.45) is 5.73 Å². The van der Waals surface area contributed by atoms with Gasteiger partial charge in [-0.05, 0) is 25.0 Å². The minimum Gasteiger partial charge on any atom is -0.388 e. The Bertz CT molecular complexity index is 424. The summed E-state index contributed by atoms with van der Waals surface area (Å²) in [4.78, 5) is 17.0. The third-order valence-corrected chi connectivity index (χ3v) is 3.49. The molecule has 5 nitrogen and oxygen atoms in total. The van der Waals surface area contributed by atoms with Crippen LogP contribution in [0.3, 0.4) is 0 Å². The average Bonchev–Trinajstić information content (AvgIpc) is 2.76. The number of carbonyl (C=O) groups excluding carboxylic acids is 1. The SMILES string of the molecule is CN(CC1(O)CCCC1)c1ccc(C(N)=O)cn1. The van der Waals surface area contributed by atoms with Crippen LogP contribution < -0.4 is 10.6 Å². The van der Waals surface area contributed by atoms with Crippen LogP contribution in [0.5, 0.6) is 0 Å². The highest BCUT2D eigenvalue weighted by atomic mass is 16.3. The highest BCUT2D eigenvalue weighted by Gasteiger charge is 2.32. The maximum atomic E-state index is 10.9. The van der Waals surface area contributed by atoms with Crippen LogP contribution in [0.1, 0.15) is 36.0 Å².